The number of carbonyl (C=O) groups is 1. The molecule has 0 aromatic heterocycles. The fourth-order valence-electron chi connectivity index (χ4n) is 5.10. The quantitative estimate of drug-likeness (QED) is 0.445. The molecule has 1 saturated carbocycles. The molecule has 0 spiro atoms. The Hall–Kier alpha value is -3.20. The van der Waals surface area contributed by atoms with Crippen molar-refractivity contribution in [2.45, 2.75) is 44.4 Å². The molecule has 0 aliphatic heterocycles. The summed E-state index contributed by atoms with van der Waals surface area (Å²) in [4.78, 5) is 13.1. The fraction of sp³-hybridized carbons (Fsp3) is 0.286. The van der Waals surface area contributed by atoms with Crippen molar-refractivity contribution < 1.29 is 4.79 Å². The second kappa shape index (κ2) is 8.14. The molecule has 3 nitrogen and oxygen atoms in total. The van der Waals surface area contributed by atoms with E-state index in [1.54, 1.807) is 0 Å². The van der Waals surface area contributed by atoms with E-state index in [9.17, 15) is 4.79 Å². The highest BCUT2D eigenvalue weighted by atomic mass is 16.2. The summed E-state index contributed by atoms with van der Waals surface area (Å²) in [6, 6.07) is 27.3. The molecule has 1 amide bonds. The first-order chi connectivity index (χ1) is 15.2. The number of rotatable bonds is 5. The van der Waals surface area contributed by atoms with E-state index in [0.717, 1.165) is 24.1 Å². The van der Waals surface area contributed by atoms with E-state index < -0.39 is 0 Å². The van der Waals surface area contributed by atoms with Gasteiger partial charge >= 0.3 is 0 Å². The van der Waals surface area contributed by atoms with E-state index >= 15 is 0 Å². The molecule has 0 bridgehead atoms. The van der Waals surface area contributed by atoms with Crippen LogP contribution in [0, 0.1) is 5.92 Å². The van der Waals surface area contributed by atoms with Gasteiger partial charge in [0.1, 0.15) is 0 Å². The highest BCUT2D eigenvalue weighted by molar-refractivity contribution is 5.99. The first kappa shape index (κ1) is 19.7. The summed E-state index contributed by atoms with van der Waals surface area (Å²) >= 11 is 0. The number of nitrogens with one attached hydrogen (secondary N) is 1. The number of aryl methyl sites for hydroxylation is 2. The van der Waals surface area contributed by atoms with Gasteiger partial charge in [0.25, 0.3) is 0 Å². The second-order valence-electron chi connectivity index (χ2n) is 8.82. The fourth-order valence-corrected chi connectivity index (χ4v) is 5.10. The topological polar surface area (TPSA) is 41.5 Å². The van der Waals surface area contributed by atoms with E-state index in [0.29, 0.717) is 0 Å². The Kier molecular flexibility index (Phi) is 5.19. The van der Waals surface area contributed by atoms with Crippen molar-refractivity contribution in [3.63, 3.8) is 0 Å². The van der Waals surface area contributed by atoms with E-state index in [1.807, 2.05) is 43.3 Å². The van der Waals surface area contributed by atoms with Crippen LogP contribution in [0.4, 0.5) is 0 Å². The summed E-state index contributed by atoms with van der Waals surface area (Å²) in [5.41, 5.74) is 9.82. The van der Waals surface area contributed by atoms with Gasteiger partial charge in [0, 0.05) is 5.41 Å². The highest BCUT2D eigenvalue weighted by Gasteiger charge is 2.60. The van der Waals surface area contributed by atoms with Crippen LogP contribution in [-0.4, -0.2) is 11.6 Å². The summed E-state index contributed by atoms with van der Waals surface area (Å²) in [7, 11) is 0. The molecule has 0 unspecified atom stereocenters. The molecule has 2 aliphatic rings. The lowest BCUT2D eigenvalue weighted by molar-refractivity contribution is -0.122. The zero-order valence-corrected chi connectivity index (χ0v) is 18.0. The van der Waals surface area contributed by atoms with Crippen molar-refractivity contribution in [1.29, 1.82) is 0 Å². The van der Waals surface area contributed by atoms with Crippen LogP contribution in [0.3, 0.4) is 0 Å². The number of hydrazone groups is 1. The molecule has 2 aliphatic carbocycles. The molecule has 156 valence electrons. The smallest absolute Gasteiger partial charge is 0.244 e. The SMILES string of the molecule is C/C(=N/NC(=O)[C@@H]1CC1(c1ccccc1)c1ccccc1)c1ccc2c(c1)CCCC2. The van der Waals surface area contributed by atoms with E-state index in [4.69, 9.17) is 0 Å². The molecule has 31 heavy (non-hydrogen) atoms. The van der Waals surface area contributed by atoms with Crippen molar-refractivity contribution in [1.82, 2.24) is 5.43 Å². The molecule has 3 aromatic carbocycles. The number of hydrogen-bond acceptors (Lipinski definition) is 2. The molecular formula is C28H28N2O. The minimum Gasteiger partial charge on any atom is -0.273 e. The largest absolute Gasteiger partial charge is 0.273 e. The Morgan fingerprint density at radius 1 is 0.871 bits per heavy atom. The minimum atomic E-state index is -0.262. The lowest BCUT2D eigenvalue weighted by atomic mass is 9.85. The van der Waals surface area contributed by atoms with Gasteiger partial charge in [0.2, 0.25) is 5.91 Å². The summed E-state index contributed by atoms with van der Waals surface area (Å²) in [5, 5.41) is 4.47. The van der Waals surface area contributed by atoms with Gasteiger partial charge in [-0.1, -0.05) is 72.8 Å². The average Bonchev–Trinajstić information content (AvgIpc) is 3.60. The third kappa shape index (κ3) is 3.69. The molecule has 0 saturated heterocycles. The zero-order valence-electron chi connectivity index (χ0n) is 18.0. The van der Waals surface area contributed by atoms with Crippen LogP contribution in [-0.2, 0) is 23.1 Å². The molecule has 3 aromatic rings. The predicted molar refractivity (Wildman–Crippen MR) is 125 cm³/mol. The number of amides is 1. The second-order valence-corrected chi connectivity index (χ2v) is 8.82. The van der Waals surface area contributed by atoms with Crippen LogP contribution < -0.4 is 5.43 Å². The summed E-state index contributed by atoms with van der Waals surface area (Å²) in [6.45, 7) is 1.97. The Morgan fingerprint density at radius 2 is 1.48 bits per heavy atom. The maximum Gasteiger partial charge on any atom is 0.244 e. The molecule has 3 heteroatoms. The van der Waals surface area contributed by atoms with Crippen LogP contribution in [0.25, 0.3) is 0 Å². The minimum absolute atomic E-state index is 0.00924. The maximum atomic E-state index is 13.1. The van der Waals surface area contributed by atoms with Crippen molar-refractivity contribution in [3.8, 4) is 0 Å². The van der Waals surface area contributed by atoms with Gasteiger partial charge in [0.15, 0.2) is 0 Å². The highest BCUT2D eigenvalue weighted by Crippen LogP contribution is 2.58. The Bertz CT molecular complexity index is 1080. The van der Waals surface area contributed by atoms with Crippen LogP contribution in [0.5, 0.6) is 0 Å². The van der Waals surface area contributed by atoms with Crippen LogP contribution in [0.2, 0.25) is 0 Å². The van der Waals surface area contributed by atoms with Gasteiger partial charge in [-0.15, -0.1) is 0 Å². The Labute approximate surface area is 184 Å². The molecular weight excluding hydrogens is 380 g/mol. The van der Waals surface area contributed by atoms with Crippen molar-refractivity contribution in [2.75, 3.05) is 0 Å². The van der Waals surface area contributed by atoms with Crippen molar-refractivity contribution in [3.05, 3.63) is 107 Å². The van der Waals surface area contributed by atoms with Gasteiger partial charge < -0.3 is 0 Å². The van der Waals surface area contributed by atoms with E-state index in [1.165, 1.54) is 41.5 Å². The number of benzene rings is 3. The third-order valence-electron chi connectivity index (χ3n) is 6.96. The number of hydrogen-bond donors (Lipinski definition) is 1. The van der Waals surface area contributed by atoms with Crippen LogP contribution in [0.1, 0.15) is 54.0 Å². The Balaban J connectivity index is 1.36. The van der Waals surface area contributed by atoms with Crippen molar-refractivity contribution >= 4 is 11.6 Å². The lowest BCUT2D eigenvalue weighted by Crippen LogP contribution is -2.26. The molecule has 0 heterocycles. The normalized spacial score (nSPS) is 19.4. The van der Waals surface area contributed by atoms with Gasteiger partial charge in [-0.2, -0.15) is 5.10 Å². The number of fused-ring (bicyclic) bond motifs is 1. The van der Waals surface area contributed by atoms with Crippen molar-refractivity contribution in [2.24, 2.45) is 11.0 Å². The third-order valence-corrected chi connectivity index (χ3v) is 6.96. The average molecular weight is 409 g/mol. The number of carbonyl (C=O) groups excluding carboxylic acids is 1. The monoisotopic (exact) mass is 408 g/mol. The first-order valence-electron chi connectivity index (χ1n) is 11.3. The van der Waals surface area contributed by atoms with E-state index in [2.05, 4.69) is 53.0 Å². The standard InChI is InChI=1S/C28H28N2O/c1-20(22-17-16-21-10-8-9-11-23(21)18-22)29-30-27(31)26-19-28(26,24-12-4-2-5-13-24)25-14-6-3-7-15-25/h2-7,12-18,26H,8-11,19H2,1H3,(H,30,31)/b29-20-/t26-/m0/s1. The van der Waals surface area contributed by atoms with Gasteiger partial charge in [0.05, 0.1) is 11.6 Å². The zero-order chi connectivity index (χ0) is 21.3. The first-order valence-corrected chi connectivity index (χ1v) is 11.3. The van der Waals surface area contributed by atoms with Crippen LogP contribution in [0.15, 0.2) is 84.0 Å². The molecule has 1 atom stereocenters. The van der Waals surface area contributed by atoms with Gasteiger partial charge in [-0.25, -0.2) is 5.43 Å². The molecule has 0 radical (unpaired) electrons. The van der Waals surface area contributed by atoms with Gasteiger partial charge in [-0.05, 0) is 72.9 Å². The lowest BCUT2D eigenvalue weighted by Gasteiger charge is -2.18. The molecule has 1 N–H and O–H groups in total. The number of nitrogens with zero attached hydrogens (tertiary/aromatic N) is 1. The maximum absolute atomic E-state index is 13.1. The summed E-state index contributed by atoms with van der Waals surface area (Å²) in [6.07, 6.45) is 5.65. The summed E-state index contributed by atoms with van der Waals surface area (Å²) in [5.74, 6) is -0.123. The van der Waals surface area contributed by atoms with Gasteiger partial charge in [-0.3, -0.25) is 4.79 Å². The molecule has 5 rings (SSSR count). The Morgan fingerprint density at radius 3 is 2.13 bits per heavy atom. The summed E-state index contributed by atoms with van der Waals surface area (Å²) < 4.78 is 0. The predicted octanol–water partition coefficient (Wildman–Crippen LogP) is 5.41. The van der Waals surface area contributed by atoms with Crippen LogP contribution >= 0.6 is 0 Å². The molecule has 1 fully saturated rings. The van der Waals surface area contributed by atoms with E-state index in [-0.39, 0.29) is 17.2 Å².